The third-order valence-corrected chi connectivity index (χ3v) is 5.84. The summed E-state index contributed by atoms with van der Waals surface area (Å²) in [6, 6.07) is 12.6. The first-order valence-corrected chi connectivity index (χ1v) is 11.4. The molecule has 6 heteroatoms. The molecular formula is C27H34N2O4. The Bertz CT molecular complexity index is 1050. The van der Waals surface area contributed by atoms with Crippen LogP contribution in [0.3, 0.4) is 0 Å². The second-order valence-corrected chi connectivity index (χ2v) is 9.04. The summed E-state index contributed by atoms with van der Waals surface area (Å²) in [4.78, 5) is 29.7. The molecule has 3 rings (SSSR count). The third kappa shape index (κ3) is 5.28. The highest BCUT2D eigenvalue weighted by Crippen LogP contribution is 2.39. The zero-order valence-corrected chi connectivity index (χ0v) is 20.4. The van der Waals surface area contributed by atoms with Crippen molar-refractivity contribution in [2.75, 3.05) is 27.2 Å². The first-order valence-electron chi connectivity index (χ1n) is 11.4. The lowest BCUT2D eigenvalue weighted by molar-refractivity contribution is -0.140. The summed E-state index contributed by atoms with van der Waals surface area (Å²) in [5, 5.41) is 11.3. The van der Waals surface area contributed by atoms with Gasteiger partial charge in [0, 0.05) is 18.7 Å². The van der Waals surface area contributed by atoms with Gasteiger partial charge in [0.1, 0.15) is 11.5 Å². The van der Waals surface area contributed by atoms with Crippen molar-refractivity contribution in [1.29, 1.82) is 0 Å². The molecule has 0 radical (unpaired) electrons. The monoisotopic (exact) mass is 450 g/mol. The number of Topliss-reactive ketones (excluding diaryl/α,β-unsaturated/α-hetero) is 1. The van der Waals surface area contributed by atoms with Gasteiger partial charge in [-0.25, -0.2) is 0 Å². The second-order valence-electron chi connectivity index (χ2n) is 9.04. The number of amides is 1. The van der Waals surface area contributed by atoms with Crippen molar-refractivity contribution < 1.29 is 19.4 Å². The van der Waals surface area contributed by atoms with Crippen molar-refractivity contribution in [3.8, 4) is 5.75 Å². The average molecular weight is 451 g/mol. The standard InChI is InChI=1S/C27H34N2O4/c1-7-19-8-10-20(11-9-19)24-23(26(31)27(32)29(24)15-14-28(5)6)25(30)21-12-13-22(18(4)16-21)33-17(2)3/h8-13,16-17,24,30H,7,14-15H2,1-6H3/b25-23-. The van der Waals surface area contributed by atoms with Gasteiger partial charge in [-0.3, -0.25) is 9.59 Å². The van der Waals surface area contributed by atoms with E-state index in [0.717, 1.165) is 23.3 Å². The quantitative estimate of drug-likeness (QED) is 0.368. The molecule has 1 fully saturated rings. The lowest BCUT2D eigenvalue weighted by Crippen LogP contribution is -2.35. The minimum Gasteiger partial charge on any atom is -0.507 e. The number of carbonyl (C=O) groups excluding carboxylic acids is 2. The Morgan fingerprint density at radius 1 is 1.12 bits per heavy atom. The van der Waals surface area contributed by atoms with E-state index in [1.165, 1.54) is 5.56 Å². The maximum absolute atomic E-state index is 13.1. The summed E-state index contributed by atoms with van der Waals surface area (Å²) in [6.45, 7) is 8.86. The van der Waals surface area contributed by atoms with Crippen molar-refractivity contribution in [3.63, 3.8) is 0 Å². The van der Waals surface area contributed by atoms with Crippen LogP contribution in [0.4, 0.5) is 0 Å². The fourth-order valence-corrected chi connectivity index (χ4v) is 4.04. The van der Waals surface area contributed by atoms with Crippen LogP contribution in [0.25, 0.3) is 5.76 Å². The lowest BCUT2D eigenvalue weighted by atomic mass is 9.94. The third-order valence-electron chi connectivity index (χ3n) is 5.84. The molecule has 176 valence electrons. The van der Waals surface area contributed by atoms with Crippen LogP contribution in [0.2, 0.25) is 0 Å². The molecule has 1 aliphatic heterocycles. The summed E-state index contributed by atoms with van der Waals surface area (Å²) in [7, 11) is 3.84. The molecule has 0 aromatic heterocycles. The van der Waals surface area contributed by atoms with E-state index in [2.05, 4.69) is 6.92 Å². The van der Waals surface area contributed by atoms with Gasteiger partial charge in [-0.1, -0.05) is 31.2 Å². The van der Waals surface area contributed by atoms with E-state index in [0.29, 0.717) is 18.7 Å². The topological polar surface area (TPSA) is 70.1 Å². The van der Waals surface area contributed by atoms with Gasteiger partial charge < -0.3 is 19.6 Å². The van der Waals surface area contributed by atoms with E-state index < -0.39 is 17.7 Å². The van der Waals surface area contributed by atoms with Gasteiger partial charge in [0.15, 0.2) is 0 Å². The molecule has 0 aliphatic carbocycles. The summed E-state index contributed by atoms with van der Waals surface area (Å²) >= 11 is 0. The molecule has 1 saturated heterocycles. The molecule has 0 saturated carbocycles. The van der Waals surface area contributed by atoms with Crippen LogP contribution < -0.4 is 4.74 Å². The number of aryl methyl sites for hydroxylation is 2. The Kier molecular flexibility index (Phi) is 7.59. The minimum absolute atomic E-state index is 0.0243. The second kappa shape index (κ2) is 10.2. The molecular weight excluding hydrogens is 416 g/mol. The first kappa shape index (κ1) is 24.5. The number of hydrogen-bond acceptors (Lipinski definition) is 5. The van der Waals surface area contributed by atoms with Crippen LogP contribution in [-0.2, 0) is 16.0 Å². The molecule has 2 aromatic rings. The summed E-state index contributed by atoms with van der Waals surface area (Å²) in [5.41, 5.74) is 3.44. The number of hydrogen-bond donors (Lipinski definition) is 1. The number of carbonyl (C=O) groups is 2. The molecule has 1 amide bonds. The number of rotatable bonds is 8. The van der Waals surface area contributed by atoms with Crippen molar-refractivity contribution in [2.45, 2.75) is 46.3 Å². The molecule has 6 nitrogen and oxygen atoms in total. The van der Waals surface area contributed by atoms with E-state index in [4.69, 9.17) is 4.74 Å². The van der Waals surface area contributed by atoms with Crippen LogP contribution in [0, 0.1) is 6.92 Å². The summed E-state index contributed by atoms with van der Waals surface area (Å²) in [6.07, 6.45) is 0.918. The molecule has 33 heavy (non-hydrogen) atoms. The van der Waals surface area contributed by atoms with Crippen LogP contribution in [-0.4, -0.2) is 59.9 Å². The number of ketones is 1. The highest BCUT2D eigenvalue weighted by molar-refractivity contribution is 6.46. The maximum Gasteiger partial charge on any atom is 0.295 e. The van der Waals surface area contributed by atoms with Crippen molar-refractivity contribution in [1.82, 2.24) is 9.80 Å². The van der Waals surface area contributed by atoms with E-state index in [9.17, 15) is 14.7 Å². The summed E-state index contributed by atoms with van der Waals surface area (Å²) < 4.78 is 5.80. The van der Waals surface area contributed by atoms with Gasteiger partial charge in [-0.15, -0.1) is 0 Å². The molecule has 0 spiro atoms. The number of ether oxygens (including phenoxy) is 1. The number of aliphatic hydroxyl groups is 1. The Morgan fingerprint density at radius 3 is 2.33 bits per heavy atom. The number of likely N-dealkylation sites (N-methyl/N-ethyl adjacent to an activating group) is 1. The number of aliphatic hydroxyl groups excluding tert-OH is 1. The van der Waals surface area contributed by atoms with Crippen LogP contribution in [0.5, 0.6) is 5.75 Å². The molecule has 1 atom stereocenters. The fourth-order valence-electron chi connectivity index (χ4n) is 4.04. The van der Waals surface area contributed by atoms with Gasteiger partial charge in [0.25, 0.3) is 11.7 Å². The van der Waals surface area contributed by atoms with E-state index in [-0.39, 0.29) is 17.4 Å². The van der Waals surface area contributed by atoms with Crippen molar-refractivity contribution in [3.05, 3.63) is 70.3 Å². The predicted octanol–water partition coefficient (Wildman–Crippen LogP) is 4.33. The van der Waals surface area contributed by atoms with E-state index >= 15 is 0 Å². The van der Waals surface area contributed by atoms with Crippen LogP contribution >= 0.6 is 0 Å². The van der Waals surface area contributed by atoms with E-state index in [1.54, 1.807) is 23.1 Å². The average Bonchev–Trinajstić information content (AvgIpc) is 3.03. The molecule has 1 aliphatic rings. The number of likely N-dealkylation sites (tertiary alicyclic amines) is 1. The first-order chi connectivity index (χ1) is 15.6. The Balaban J connectivity index is 2.10. The maximum atomic E-state index is 13.1. The van der Waals surface area contributed by atoms with Crippen molar-refractivity contribution >= 4 is 17.4 Å². The molecule has 1 N–H and O–H groups in total. The Hall–Kier alpha value is -3.12. The minimum atomic E-state index is -0.656. The van der Waals surface area contributed by atoms with Crippen molar-refractivity contribution in [2.24, 2.45) is 0 Å². The number of benzene rings is 2. The molecule has 2 aromatic carbocycles. The van der Waals surface area contributed by atoms with Crippen LogP contribution in [0.1, 0.15) is 49.1 Å². The Labute approximate surface area is 196 Å². The largest absolute Gasteiger partial charge is 0.507 e. The zero-order valence-electron chi connectivity index (χ0n) is 20.4. The van der Waals surface area contributed by atoms with Crippen LogP contribution in [0.15, 0.2) is 48.0 Å². The van der Waals surface area contributed by atoms with Gasteiger partial charge in [0.2, 0.25) is 0 Å². The normalized spacial score (nSPS) is 17.9. The SMILES string of the molecule is CCc1ccc(C2/C(=C(/O)c3ccc(OC(C)C)c(C)c3)C(=O)C(=O)N2CCN(C)C)cc1. The number of nitrogens with zero attached hydrogens (tertiary/aromatic N) is 2. The molecule has 0 bridgehead atoms. The molecule has 1 heterocycles. The van der Waals surface area contributed by atoms with E-state index in [1.807, 2.05) is 64.0 Å². The smallest absolute Gasteiger partial charge is 0.295 e. The fraction of sp³-hybridized carbons (Fsp3) is 0.407. The summed E-state index contributed by atoms with van der Waals surface area (Å²) in [5.74, 6) is -0.681. The highest BCUT2D eigenvalue weighted by Gasteiger charge is 2.45. The zero-order chi connectivity index (χ0) is 24.3. The highest BCUT2D eigenvalue weighted by atomic mass is 16.5. The lowest BCUT2D eigenvalue weighted by Gasteiger charge is -2.26. The van der Waals surface area contributed by atoms with Gasteiger partial charge >= 0.3 is 0 Å². The Morgan fingerprint density at radius 2 is 1.79 bits per heavy atom. The van der Waals surface area contributed by atoms with Gasteiger partial charge in [0.05, 0.1) is 17.7 Å². The van der Waals surface area contributed by atoms with Gasteiger partial charge in [-0.05, 0) is 76.2 Å². The molecule has 1 unspecified atom stereocenters. The predicted molar refractivity (Wildman–Crippen MR) is 130 cm³/mol. The van der Waals surface area contributed by atoms with Gasteiger partial charge in [-0.2, -0.15) is 0 Å².